The van der Waals surface area contributed by atoms with Crippen LogP contribution in [0.1, 0.15) is 18.9 Å². The number of carbonyl (C=O) groups excluding carboxylic acids is 1. The number of fused-ring (bicyclic) bond motifs is 1. The topological polar surface area (TPSA) is 36.4 Å². The van der Waals surface area contributed by atoms with Crippen LogP contribution in [0.2, 0.25) is 0 Å². The van der Waals surface area contributed by atoms with Crippen molar-refractivity contribution in [2.24, 2.45) is 0 Å². The highest BCUT2D eigenvalue weighted by molar-refractivity contribution is 6.03. The van der Waals surface area contributed by atoms with Crippen molar-refractivity contribution in [2.45, 2.75) is 19.8 Å². The van der Waals surface area contributed by atoms with E-state index in [2.05, 4.69) is 4.98 Å². The zero-order valence-electron chi connectivity index (χ0n) is 11.8. The largest absolute Gasteiger partial charge is 0.275 e. The van der Waals surface area contributed by atoms with Crippen LogP contribution in [0.3, 0.4) is 0 Å². The van der Waals surface area contributed by atoms with Gasteiger partial charge in [-0.1, -0.05) is 25.1 Å². The summed E-state index contributed by atoms with van der Waals surface area (Å²) < 4.78 is 14.1. The van der Waals surface area contributed by atoms with E-state index < -0.39 is 5.82 Å². The molecule has 1 aliphatic heterocycles. The van der Waals surface area contributed by atoms with Gasteiger partial charge in [-0.3, -0.25) is 14.8 Å². The van der Waals surface area contributed by atoms with Gasteiger partial charge >= 0.3 is 0 Å². The molecule has 0 N–H and O–H groups in total. The average Bonchev–Trinajstić information content (AvgIpc) is 2.82. The number of pyridine rings is 1. The van der Waals surface area contributed by atoms with Gasteiger partial charge in [0.2, 0.25) is 5.91 Å². The summed E-state index contributed by atoms with van der Waals surface area (Å²) in [6.07, 6.45) is 3.86. The third-order valence-corrected chi connectivity index (χ3v) is 3.50. The smallest absolute Gasteiger partial charge is 0.250 e. The molecule has 0 spiro atoms. The second-order valence-corrected chi connectivity index (χ2v) is 4.96. The van der Waals surface area contributed by atoms with Crippen LogP contribution in [0.25, 0.3) is 0 Å². The number of hydrogen-bond acceptors (Lipinski definition) is 3. The molecule has 1 aromatic heterocycles. The number of hydrogen-bond donors (Lipinski definition) is 0. The molecule has 0 bridgehead atoms. The van der Waals surface area contributed by atoms with Crippen molar-refractivity contribution in [3.8, 4) is 0 Å². The number of carbonyl (C=O) groups is 1. The Kier molecular flexibility index (Phi) is 3.56. The van der Waals surface area contributed by atoms with Crippen molar-refractivity contribution in [3.05, 3.63) is 54.1 Å². The first-order valence-corrected chi connectivity index (χ1v) is 7.00. The minimum atomic E-state index is -0.428. The highest BCUT2D eigenvalue weighted by Crippen LogP contribution is 2.33. The zero-order valence-corrected chi connectivity index (χ0v) is 11.8. The fourth-order valence-corrected chi connectivity index (χ4v) is 2.62. The maximum atomic E-state index is 14.1. The van der Waals surface area contributed by atoms with Crippen molar-refractivity contribution < 1.29 is 9.18 Å². The first-order valence-electron chi connectivity index (χ1n) is 7.00. The molecule has 0 atom stereocenters. The molecule has 0 saturated carbocycles. The molecule has 0 aliphatic carbocycles. The molecule has 0 saturated heterocycles. The molecule has 4 nitrogen and oxygen atoms in total. The van der Waals surface area contributed by atoms with Crippen LogP contribution < -0.4 is 10.0 Å². The van der Waals surface area contributed by atoms with E-state index in [1.807, 2.05) is 31.2 Å². The number of para-hydroxylation sites is 1. The van der Waals surface area contributed by atoms with Gasteiger partial charge in [-0.25, -0.2) is 9.40 Å². The number of amides is 1. The summed E-state index contributed by atoms with van der Waals surface area (Å²) in [5.41, 5.74) is 2.17. The Labute approximate surface area is 122 Å². The lowest BCUT2D eigenvalue weighted by molar-refractivity contribution is -0.117. The number of benzene rings is 1. The fourth-order valence-electron chi connectivity index (χ4n) is 2.62. The number of anilines is 2. The van der Waals surface area contributed by atoms with Crippen molar-refractivity contribution in [1.82, 2.24) is 4.98 Å². The molecule has 1 amide bonds. The van der Waals surface area contributed by atoms with E-state index >= 15 is 0 Å². The van der Waals surface area contributed by atoms with Gasteiger partial charge in [-0.05, 0) is 24.1 Å². The summed E-state index contributed by atoms with van der Waals surface area (Å²) in [5.74, 6) is -0.469. The number of aromatic nitrogens is 1. The average molecular weight is 285 g/mol. The van der Waals surface area contributed by atoms with Crippen LogP contribution in [0.4, 0.5) is 15.8 Å². The van der Waals surface area contributed by atoms with Gasteiger partial charge in [0.15, 0.2) is 5.82 Å². The monoisotopic (exact) mass is 285 g/mol. The van der Waals surface area contributed by atoms with Gasteiger partial charge in [-0.2, -0.15) is 0 Å². The van der Waals surface area contributed by atoms with E-state index in [-0.39, 0.29) is 5.91 Å². The lowest BCUT2D eigenvalue weighted by atomic mass is 10.2. The third kappa shape index (κ3) is 2.35. The molecule has 2 aromatic rings. The van der Waals surface area contributed by atoms with Gasteiger partial charge in [0, 0.05) is 12.7 Å². The Balaban J connectivity index is 2.06. The summed E-state index contributed by atoms with van der Waals surface area (Å²) in [6, 6.07) is 9.21. The molecule has 0 unspecified atom stereocenters. The molecule has 2 heterocycles. The Morgan fingerprint density at radius 2 is 2.14 bits per heavy atom. The lowest BCUT2D eigenvalue weighted by Crippen LogP contribution is -2.46. The van der Waals surface area contributed by atoms with E-state index in [1.165, 1.54) is 12.4 Å². The van der Waals surface area contributed by atoms with Crippen LogP contribution in [-0.4, -0.2) is 17.4 Å². The predicted octanol–water partition coefficient (Wildman–Crippen LogP) is 2.94. The van der Waals surface area contributed by atoms with Crippen molar-refractivity contribution in [3.63, 3.8) is 0 Å². The molecule has 1 aromatic carbocycles. The predicted molar refractivity (Wildman–Crippen MR) is 79.5 cm³/mol. The highest BCUT2D eigenvalue weighted by atomic mass is 19.1. The van der Waals surface area contributed by atoms with Gasteiger partial charge < -0.3 is 0 Å². The number of nitrogens with zero attached hydrogens (tertiary/aromatic N) is 3. The van der Waals surface area contributed by atoms with Gasteiger partial charge in [0.05, 0.1) is 24.0 Å². The second-order valence-electron chi connectivity index (χ2n) is 4.96. The Morgan fingerprint density at radius 3 is 2.90 bits per heavy atom. The van der Waals surface area contributed by atoms with E-state index in [0.29, 0.717) is 18.7 Å². The minimum Gasteiger partial charge on any atom is -0.275 e. The summed E-state index contributed by atoms with van der Waals surface area (Å²) in [7, 11) is 0. The molecule has 5 heteroatoms. The first kappa shape index (κ1) is 13.5. The van der Waals surface area contributed by atoms with Crippen LogP contribution >= 0.6 is 0 Å². The maximum absolute atomic E-state index is 14.1. The molecule has 0 radical (unpaired) electrons. The number of rotatable bonds is 4. The summed E-state index contributed by atoms with van der Waals surface area (Å²) in [5, 5.41) is 3.28. The lowest BCUT2D eigenvalue weighted by Gasteiger charge is -2.34. The fraction of sp³-hybridized carbons (Fsp3) is 0.250. The van der Waals surface area contributed by atoms with Crippen LogP contribution in [0.15, 0.2) is 42.7 Å². The molecule has 108 valence electrons. The SMILES string of the molecule is CCCN(c1ccncc1F)N1C(=O)Cc2ccccc21. The molecular weight excluding hydrogens is 269 g/mol. The first-order chi connectivity index (χ1) is 10.2. The van der Waals surface area contributed by atoms with E-state index in [0.717, 1.165) is 17.7 Å². The van der Waals surface area contributed by atoms with E-state index in [4.69, 9.17) is 0 Å². The summed E-state index contributed by atoms with van der Waals surface area (Å²) >= 11 is 0. The second kappa shape index (κ2) is 5.52. The highest BCUT2D eigenvalue weighted by Gasteiger charge is 2.32. The van der Waals surface area contributed by atoms with Crippen LogP contribution in [0.5, 0.6) is 0 Å². The Hall–Kier alpha value is -2.43. The standard InChI is InChI=1S/C16H16FN3O/c1-2-9-19(15-7-8-18-11-13(15)17)20-14-6-4-3-5-12(14)10-16(20)21/h3-8,11H,2,9-10H2,1H3. The van der Waals surface area contributed by atoms with Gasteiger partial charge in [0.1, 0.15) is 0 Å². The van der Waals surface area contributed by atoms with Crippen molar-refractivity contribution in [2.75, 3.05) is 16.6 Å². The minimum absolute atomic E-state index is 0.0409. The summed E-state index contributed by atoms with van der Waals surface area (Å²) in [6.45, 7) is 2.56. The van der Waals surface area contributed by atoms with E-state index in [9.17, 15) is 9.18 Å². The van der Waals surface area contributed by atoms with Crippen LogP contribution in [-0.2, 0) is 11.2 Å². The van der Waals surface area contributed by atoms with Gasteiger partial charge in [0.25, 0.3) is 0 Å². The molecule has 21 heavy (non-hydrogen) atoms. The van der Waals surface area contributed by atoms with Gasteiger partial charge in [-0.15, -0.1) is 0 Å². The summed E-state index contributed by atoms with van der Waals surface area (Å²) in [4.78, 5) is 16.2. The van der Waals surface area contributed by atoms with Crippen LogP contribution in [0, 0.1) is 5.82 Å². The Morgan fingerprint density at radius 1 is 1.33 bits per heavy atom. The number of halogens is 1. The number of hydrazine groups is 1. The van der Waals surface area contributed by atoms with E-state index in [1.54, 1.807) is 16.1 Å². The zero-order chi connectivity index (χ0) is 14.8. The molecule has 0 fully saturated rings. The van der Waals surface area contributed by atoms with Crippen molar-refractivity contribution in [1.29, 1.82) is 0 Å². The quantitative estimate of drug-likeness (QED) is 0.866. The molecular formula is C16H16FN3O. The van der Waals surface area contributed by atoms with Crippen molar-refractivity contribution >= 4 is 17.3 Å². The third-order valence-electron chi connectivity index (χ3n) is 3.50. The molecule has 3 rings (SSSR count). The molecule has 1 aliphatic rings. The normalized spacial score (nSPS) is 13.4. The Bertz CT molecular complexity index is 674. The maximum Gasteiger partial charge on any atom is 0.250 e.